The molecule has 0 unspecified atom stereocenters. The number of carbonyl (C=O) groups excluding carboxylic acids is 1. The summed E-state index contributed by atoms with van der Waals surface area (Å²) in [7, 11) is 0. The van der Waals surface area contributed by atoms with Gasteiger partial charge in [-0.15, -0.1) is 0 Å². The summed E-state index contributed by atoms with van der Waals surface area (Å²) in [4.78, 5) is 11.9. The maximum atomic E-state index is 11.9. The zero-order chi connectivity index (χ0) is 15.7. The topological polar surface area (TPSA) is 26.3 Å². The Morgan fingerprint density at radius 2 is 1.76 bits per heavy atom. The summed E-state index contributed by atoms with van der Waals surface area (Å²) in [6.45, 7) is 9.26. The van der Waals surface area contributed by atoms with Gasteiger partial charge in [0.1, 0.15) is 0 Å². The number of hydrogen-bond acceptors (Lipinski definition) is 2. The summed E-state index contributed by atoms with van der Waals surface area (Å²) in [5, 5.41) is 0. The molecule has 0 heterocycles. The number of benzene rings is 1. The van der Waals surface area contributed by atoms with Crippen molar-refractivity contribution in [2.45, 2.75) is 52.6 Å². The lowest BCUT2D eigenvalue weighted by Crippen LogP contribution is -2.33. The fourth-order valence-corrected chi connectivity index (χ4v) is 2.10. The summed E-state index contributed by atoms with van der Waals surface area (Å²) < 4.78 is 5.51. The Labute approximate surface area is 127 Å². The number of hydrogen-bond donors (Lipinski definition) is 0. The highest BCUT2D eigenvalue weighted by atomic mass is 16.6. The second-order valence-corrected chi connectivity index (χ2v) is 7.28. The number of rotatable bonds is 2. The summed E-state index contributed by atoms with van der Waals surface area (Å²) in [6.07, 6.45) is 1.10. The van der Waals surface area contributed by atoms with Gasteiger partial charge in [-0.3, -0.25) is 4.79 Å². The molecule has 0 saturated heterocycles. The van der Waals surface area contributed by atoms with E-state index in [1.54, 1.807) is 0 Å². The van der Waals surface area contributed by atoms with Gasteiger partial charge < -0.3 is 4.74 Å². The van der Waals surface area contributed by atoms with Crippen molar-refractivity contribution < 1.29 is 9.53 Å². The van der Waals surface area contributed by atoms with E-state index in [4.69, 9.17) is 4.74 Å². The van der Waals surface area contributed by atoms with Crippen LogP contribution in [-0.4, -0.2) is 11.6 Å². The third-order valence-corrected chi connectivity index (χ3v) is 3.54. The molecule has 0 aliphatic heterocycles. The van der Waals surface area contributed by atoms with Crippen LogP contribution in [0.15, 0.2) is 30.3 Å². The third-order valence-electron chi connectivity index (χ3n) is 3.54. The second kappa shape index (κ2) is 5.56. The van der Waals surface area contributed by atoms with Crippen LogP contribution in [-0.2, 0) is 9.53 Å². The summed E-state index contributed by atoms with van der Waals surface area (Å²) in [5.74, 6) is 7.12. The molecule has 1 saturated carbocycles. The molecular weight excluding hydrogens is 260 g/mol. The standard InChI is InChI=1S/C19H24O2/c1-18(2,3)17(20)21-19(4,5)12-11-15-13-16(15)14-9-7-6-8-10-14/h6-10,15-16H,13H2,1-5H3/t15-,16+/m0/s1. The smallest absolute Gasteiger partial charge is 0.312 e. The second-order valence-electron chi connectivity index (χ2n) is 7.28. The van der Waals surface area contributed by atoms with Gasteiger partial charge in [-0.25, -0.2) is 0 Å². The predicted molar refractivity (Wildman–Crippen MR) is 84.7 cm³/mol. The lowest BCUT2D eigenvalue weighted by molar-refractivity contribution is -0.161. The van der Waals surface area contributed by atoms with Crippen LogP contribution in [0.4, 0.5) is 0 Å². The Kier molecular flexibility index (Phi) is 4.14. The molecule has 1 aliphatic carbocycles. The fourth-order valence-electron chi connectivity index (χ4n) is 2.10. The molecule has 1 aliphatic rings. The molecule has 21 heavy (non-hydrogen) atoms. The molecule has 2 rings (SSSR count). The number of esters is 1. The molecule has 0 aromatic heterocycles. The van der Waals surface area contributed by atoms with Gasteiger partial charge in [-0.1, -0.05) is 42.2 Å². The minimum absolute atomic E-state index is 0.211. The quantitative estimate of drug-likeness (QED) is 0.602. The first kappa shape index (κ1) is 15.6. The van der Waals surface area contributed by atoms with E-state index in [1.165, 1.54) is 5.56 Å². The molecule has 0 radical (unpaired) electrons. The van der Waals surface area contributed by atoms with Crippen molar-refractivity contribution in [2.75, 3.05) is 0 Å². The summed E-state index contributed by atoms with van der Waals surface area (Å²) in [6, 6.07) is 10.5. The number of carbonyl (C=O) groups is 1. The van der Waals surface area contributed by atoms with Crippen LogP contribution in [0, 0.1) is 23.2 Å². The predicted octanol–water partition coefficient (Wildman–Crippen LogP) is 4.16. The third kappa shape index (κ3) is 4.36. The van der Waals surface area contributed by atoms with Gasteiger partial charge in [0.2, 0.25) is 0 Å². The summed E-state index contributed by atoms with van der Waals surface area (Å²) in [5.41, 5.74) is 0.125. The zero-order valence-electron chi connectivity index (χ0n) is 13.6. The molecule has 0 N–H and O–H groups in total. The van der Waals surface area contributed by atoms with Gasteiger partial charge in [0, 0.05) is 5.92 Å². The zero-order valence-corrected chi connectivity index (χ0v) is 13.6. The van der Waals surface area contributed by atoms with E-state index in [-0.39, 0.29) is 5.97 Å². The van der Waals surface area contributed by atoms with Crippen LogP contribution < -0.4 is 0 Å². The minimum atomic E-state index is -0.728. The van der Waals surface area contributed by atoms with E-state index in [1.807, 2.05) is 40.7 Å². The molecule has 1 fully saturated rings. The van der Waals surface area contributed by atoms with E-state index in [0.717, 1.165) is 6.42 Å². The highest BCUT2D eigenvalue weighted by Crippen LogP contribution is 2.46. The lowest BCUT2D eigenvalue weighted by atomic mass is 9.97. The highest BCUT2D eigenvalue weighted by Gasteiger charge is 2.37. The van der Waals surface area contributed by atoms with Crippen LogP contribution in [0.2, 0.25) is 0 Å². The SMILES string of the molecule is CC(C)(C#C[C@H]1C[C@@H]1c1ccccc1)OC(=O)C(C)(C)C. The van der Waals surface area contributed by atoms with Crippen LogP contribution in [0.1, 0.15) is 52.5 Å². The van der Waals surface area contributed by atoms with Crippen molar-refractivity contribution in [1.82, 2.24) is 0 Å². The largest absolute Gasteiger partial charge is 0.446 e. The Morgan fingerprint density at radius 1 is 1.14 bits per heavy atom. The summed E-state index contributed by atoms with van der Waals surface area (Å²) >= 11 is 0. The van der Waals surface area contributed by atoms with Crippen molar-refractivity contribution in [3.63, 3.8) is 0 Å². The molecule has 2 heteroatoms. The van der Waals surface area contributed by atoms with Crippen molar-refractivity contribution in [3.05, 3.63) is 35.9 Å². The van der Waals surface area contributed by atoms with E-state index in [0.29, 0.717) is 11.8 Å². The maximum absolute atomic E-state index is 11.9. The van der Waals surface area contributed by atoms with E-state index >= 15 is 0 Å². The van der Waals surface area contributed by atoms with E-state index in [9.17, 15) is 4.79 Å². The van der Waals surface area contributed by atoms with Crippen LogP contribution in [0.5, 0.6) is 0 Å². The van der Waals surface area contributed by atoms with Crippen LogP contribution >= 0.6 is 0 Å². The Morgan fingerprint density at radius 3 is 2.33 bits per heavy atom. The molecular formula is C19H24O2. The van der Waals surface area contributed by atoms with Crippen LogP contribution in [0.3, 0.4) is 0 Å². The Balaban J connectivity index is 1.95. The van der Waals surface area contributed by atoms with E-state index in [2.05, 4.69) is 36.1 Å². The molecule has 2 nitrogen and oxygen atoms in total. The van der Waals surface area contributed by atoms with Gasteiger partial charge in [0.05, 0.1) is 5.41 Å². The first-order chi connectivity index (χ1) is 9.69. The van der Waals surface area contributed by atoms with Crippen molar-refractivity contribution >= 4 is 5.97 Å². The van der Waals surface area contributed by atoms with Crippen molar-refractivity contribution in [1.29, 1.82) is 0 Å². The van der Waals surface area contributed by atoms with Gasteiger partial charge in [-0.2, -0.15) is 0 Å². The van der Waals surface area contributed by atoms with Crippen LogP contribution in [0.25, 0.3) is 0 Å². The Bertz CT molecular complexity index is 567. The molecule has 112 valence electrons. The fraction of sp³-hybridized carbons (Fsp3) is 0.526. The minimum Gasteiger partial charge on any atom is -0.446 e. The normalized spacial score (nSPS) is 21.2. The van der Waals surface area contributed by atoms with Gasteiger partial charge in [-0.05, 0) is 52.5 Å². The van der Waals surface area contributed by atoms with Gasteiger partial charge in [0.25, 0.3) is 0 Å². The molecule has 0 amide bonds. The Hall–Kier alpha value is -1.75. The van der Waals surface area contributed by atoms with Gasteiger partial charge >= 0.3 is 5.97 Å². The van der Waals surface area contributed by atoms with E-state index < -0.39 is 11.0 Å². The monoisotopic (exact) mass is 284 g/mol. The highest BCUT2D eigenvalue weighted by molar-refractivity contribution is 5.76. The maximum Gasteiger partial charge on any atom is 0.312 e. The average molecular weight is 284 g/mol. The molecule has 1 aromatic carbocycles. The molecule has 0 spiro atoms. The molecule has 1 aromatic rings. The van der Waals surface area contributed by atoms with Crippen molar-refractivity contribution in [3.8, 4) is 11.8 Å². The number of ether oxygens (including phenoxy) is 1. The molecule has 2 atom stereocenters. The lowest BCUT2D eigenvalue weighted by Gasteiger charge is -2.24. The first-order valence-electron chi connectivity index (χ1n) is 7.50. The molecule has 0 bridgehead atoms. The first-order valence-corrected chi connectivity index (χ1v) is 7.50. The van der Waals surface area contributed by atoms with Crippen molar-refractivity contribution in [2.24, 2.45) is 11.3 Å². The average Bonchev–Trinajstić information content (AvgIpc) is 3.15. The van der Waals surface area contributed by atoms with Gasteiger partial charge in [0.15, 0.2) is 5.60 Å².